The van der Waals surface area contributed by atoms with E-state index in [2.05, 4.69) is 77.7 Å². The van der Waals surface area contributed by atoms with Crippen LogP contribution in [0, 0.1) is 3.80 Å². The van der Waals surface area contributed by atoms with E-state index in [0.717, 1.165) is 4.47 Å². The summed E-state index contributed by atoms with van der Waals surface area (Å²) < 4.78 is 6.72. The zero-order valence-corrected chi connectivity index (χ0v) is 15.3. The Bertz CT molecular complexity index is 555. The fraction of sp³-hybridized carbons (Fsp3) is 0.357. The largest absolute Gasteiger partial charge is 0.326 e. The minimum absolute atomic E-state index is 0.564. The molecule has 108 valence electrons. The topological polar surface area (TPSA) is 35.9 Å². The molecule has 0 unspecified atom stereocenters. The molecule has 0 radical (unpaired) electrons. The second-order valence-corrected chi connectivity index (χ2v) is 6.41. The molecular weight excluding hydrogens is 485 g/mol. The molecular formula is C14H20BrN3Pt. The SMILES string of the molecule is CC(C)n1ccn(C)[c]1=[Pt].NCc1ccc(Br)cc1. The first-order valence-corrected chi connectivity index (χ1v) is 8.02. The average Bonchev–Trinajstić information content (AvgIpc) is 2.72. The van der Waals surface area contributed by atoms with E-state index in [1.165, 1.54) is 9.37 Å². The maximum absolute atomic E-state index is 5.38. The van der Waals surface area contributed by atoms with E-state index in [1.54, 1.807) is 0 Å². The van der Waals surface area contributed by atoms with Crippen molar-refractivity contribution in [2.75, 3.05) is 0 Å². The number of nitrogens with two attached hydrogens (primary N) is 1. The molecule has 0 saturated heterocycles. The van der Waals surface area contributed by atoms with Crippen LogP contribution in [0.1, 0.15) is 25.5 Å². The van der Waals surface area contributed by atoms with Crippen molar-refractivity contribution >= 4 is 15.9 Å². The molecule has 1 aromatic carbocycles. The number of aryl methyl sites for hydroxylation is 1. The van der Waals surface area contributed by atoms with Gasteiger partial charge in [0, 0.05) is 11.0 Å². The smallest absolute Gasteiger partial charge is 0.0178 e. The Morgan fingerprint density at radius 2 is 1.79 bits per heavy atom. The number of rotatable bonds is 2. The van der Waals surface area contributed by atoms with Crippen LogP contribution in [0.4, 0.5) is 0 Å². The number of hydrogen-bond donors (Lipinski definition) is 1. The molecule has 0 spiro atoms. The normalized spacial score (nSPS) is 10.3. The molecule has 1 heterocycles. The summed E-state index contributed by atoms with van der Waals surface area (Å²) >= 11 is 5.66. The van der Waals surface area contributed by atoms with Gasteiger partial charge in [-0.3, -0.25) is 0 Å². The Labute approximate surface area is 134 Å². The average molecular weight is 505 g/mol. The van der Waals surface area contributed by atoms with Gasteiger partial charge in [-0.1, -0.05) is 28.1 Å². The van der Waals surface area contributed by atoms with E-state index in [9.17, 15) is 0 Å². The molecule has 0 aliphatic heterocycles. The molecule has 0 aliphatic rings. The van der Waals surface area contributed by atoms with Crippen LogP contribution in [-0.2, 0) is 32.9 Å². The van der Waals surface area contributed by atoms with Crippen LogP contribution in [-0.4, -0.2) is 9.13 Å². The number of hydrogen-bond acceptors (Lipinski definition) is 1. The van der Waals surface area contributed by atoms with Crippen LogP contribution >= 0.6 is 15.9 Å². The van der Waals surface area contributed by atoms with E-state index in [-0.39, 0.29) is 0 Å². The monoisotopic (exact) mass is 504 g/mol. The van der Waals surface area contributed by atoms with Crippen molar-refractivity contribution in [1.29, 1.82) is 0 Å². The van der Waals surface area contributed by atoms with Crippen molar-refractivity contribution in [3.8, 4) is 0 Å². The maximum atomic E-state index is 5.38. The van der Waals surface area contributed by atoms with E-state index < -0.39 is 0 Å². The van der Waals surface area contributed by atoms with Crippen LogP contribution in [0.15, 0.2) is 41.1 Å². The molecule has 2 aromatic rings. The molecule has 0 bridgehead atoms. The zero-order valence-electron chi connectivity index (χ0n) is 11.4. The van der Waals surface area contributed by atoms with E-state index in [0.29, 0.717) is 12.6 Å². The summed E-state index contributed by atoms with van der Waals surface area (Å²) in [6.45, 7) is 4.98. The molecule has 2 N–H and O–H groups in total. The number of imidazole rings is 1. The van der Waals surface area contributed by atoms with Crippen LogP contribution in [0.2, 0.25) is 0 Å². The van der Waals surface area contributed by atoms with Gasteiger partial charge in [-0.25, -0.2) is 0 Å². The van der Waals surface area contributed by atoms with Crippen LogP contribution in [0.25, 0.3) is 0 Å². The number of nitrogens with zero attached hydrogens (tertiary/aromatic N) is 2. The minimum atomic E-state index is 0.564. The minimum Gasteiger partial charge on any atom is -0.326 e. The van der Waals surface area contributed by atoms with Gasteiger partial charge >= 0.3 is 71.6 Å². The molecule has 0 atom stereocenters. The summed E-state index contributed by atoms with van der Waals surface area (Å²) in [5, 5.41) is 0. The van der Waals surface area contributed by atoms with Crippen molar-refractivity contribution < 1.29 is 19.4 Å². The molecule has 2 rings (SSSR count). The Morgan fingerprint density at radius 3 is 2.11 bits per heavy atom. The molecule has 0 fully saturated rings. The molecule has 3 nitrogen and oxygen atoms in total. The fourth-order valence-electron chi connectivity index (χ4n) is 1.46. The third-order valence-electron chi connectivity index (χ3n) is 2.62. The van der Waals surface area contributed by atoms with Crippen molar-refractivity contribution in [2.24, 2.45) is 12.8 Å². The maximum Gasteiger partial charge on any atom is 0.0178 e. The van der Waals surface area contributed by atoms with E-state index >= 15 is 0 Å². The molecule has 0 aliphatic carbocycles. The third-order valence-corrected chi connectivity index (χ3v) is 4.54. The van der Waals surface area contributed by atoms with Gasteiger partial charge in [0.15, 0.2) is 0 Å². The summed E-state index contributed by atoms with van der Waals surface area (Å²) in [5.41, 5.74) is 6.55. The number of halogens is 1. The van der Waals surface area contributed by atoms with Crippen LogP contribution in [0.5, 0.6) is 0 Å². The van der Waals surface area contributed by atoms with E-state index in [1.807, 2.05) is 24.3 Å². The predicted molar refractivity (Wildman–Crippen MR) is 79.1 cm³/mol. The van der Waals surface area contributed by atoms with Gasteiger partial charge in [-0.05, 0) is 17.7 Å². The molecule has 1 aromatic heterocycles. The summed E-state index contributed by atoms with van der Waals surface area (Å²) in [4.78, 5) is 0. The van der Waals surface area contributed by atoms with Gasteiger partial charge in [0.25, 0.3) is 0 Å². The number of benzene rings is 1. The first kappa shape index (κ1) is 16.6. The third kappa shape index (κ3) is 5.21. The summed E-state index contributed by atoms with van der Waals surface area (Å²) in [6, 6.07) is 8.55. The van der Waals surface area contributed by atoms with Gasteiger partial charge in [-0.15, -0.1) is 0 Å². The van der Waals surface area contributed by atoms with Gasteiger partial charge < -0.3 is 5.73 Å². The molecule has 0 amide bonds. The molecule has 5 heteroatoms. The first-order chi connectivity index (χ1) is 8.95. The zero-order chi connectivity index (χ0) is 14.4. The second-order valence-electron chi connectivity index (χ2n) is 4.48. The summed E-state index contributed by atoms with van der Waals surface area (Å²) in [6.07, 6.45) is 4.18. The standard InChI is InChI=1S/C7H8BrN.C7H12N2.Pt/c8-7-3-1-6(5-9)2-4-7;1-7(2)9-5-4-8(3)6-9;/h1-4H,5,9H2;4-5,7H,1-3H3;. The van der Waals surface area contributed by atoms with Gasteiger partial charge in [0.05, 0.1) is 0 Å². The van der Waals surface area contributed by atoms with Gasteiger partial charge in [0.2, 0.25) is 0 Å². The summed E-state index contributed by atoms with van der Waals surface area (Å²) in [7, 11) is 2.06. The van der Waals surface area contributed by atoms with Crippen molar-refractivity contribution in [3.63, 3.8) is 0 Å². The first-order valence-electron chi connectivity index (χ1n) is 6.09. The Morgan fingerprint density at radius 1 is 1.21 bits per heavy atom. The van der Waals surface area contributed by atoms with E-state index in [4.69, 9.17) is 5.73 Å². The Balaban J connectivity index is 0.000000191. The predicted octanol–water partition coefficient (Wildman–Crippen LogP) is 3.39. The van der Waals surface area contributed by atoms with Crippen molar-refractivity contribution in [1.82, 2.24) is 9.13 Å². The van der Waals surface area contributed by atoms with Crippen LogP contribution in [0.3, 0.4) is 0 Å². The number of aromatic nitrogens is 2. The van der Waals surface area contributed by atoms with Crippen molar-refractivity contribution in [3.05, 3.63) is 50.5 Å². The second kappa shape index (κ2) is 7.98. The van der Waals surface area contributed by atoms with Gasteiger partial charge in [-0.2, -0.15) is 0 Å². The van der Waals surface area contributed by atoms with Gasteiger partial charge in [0.1, 0.15) is 0 Å². The Hall–Kier alpha value is -0.442. The summed E-state index contributed by atoms with van der Waals surface area (Å²) in [5.74, 6) is 0. The molecule has 0 saturated carbocycles. The van der Waals surface area contributed by atoms with Crippen molar-refractivity contribution in [2.45, 2.75) is 26.4 Å². The van der Waals surface area contributed by atoms with Crippen LogP contribution < -0.4 is 5.73 Å². The molecule has 19 heavy (non-hydrogen) atoms. The quantitative estimate of drug-likeness (QED) is 0.668. The fourth-order valence-corrected chi connectivity index (χ4v) is 2.65. The Kier molecular flexibility index (Phi) is 6.98.